The van der Waals surface area contributed by atoms with E-state index in [0.29, 0.717) is 29.3 Å². The second-order valence-electron chi connectivity index (χ2n) is 8.35. The van der Waals surface area contributed by atoms with Gasteiger partial charge >= 0.3 is 0 Å². The Bertz CT molecular complexity index is 1150. The van der Waals surface area contributed by atoms with Crippen LogP contribution in [0.4, 0.5) is 5.13 Å². The maximum absolute atomic E-state index is 13.5. The van der Waals surface area contributed by atoms with Gasteiger partial charge in [0.05, 0.1) is 11.1 Å². The van der Waals surface area contributed by atoms with E-state index in [1.807, 2.05) is 9.95 Å². The van der Waals surface area contributed by atoms with Crippen molar-refractivity contribution in [3.63, 3.8) is 0 Å². The van der Waals surface area contributed by atoms with Crippen molar-refractivity contribution in [1.82, 2.24) is 14.5 Å². The highest BCUT2D eigenvalue weighted by Gasteiger charge is 2.25. The summed E-state index contributed by atoms with van der Waals surface area (Å²) >= 11 is 4.64. The van der Waals surface area contributed by atoms with Gasteiger partial charge in [-0.05, 0) is 36.7 Å². The fourth-order valence-electron chi connectivity index (χ4n) is 3.76. The number of thiazole rings is 1. The zero-order valence-electron chi connectivity index (χ0n) is 17.7. The number of aromatic nitrogens is 3. The van der Waals surface area contributed by atoms with Crippen molar-refractivity contribution in [3.05, 3.63) is 31.9 Å². The number of amides is 1. The molecule has 0 spiro atoms. The van der Waals surface area contributed by atoms with Crippen LogP contribution >= 0.6 is 34.4 Å². The largest absolute Gasteiger partial charge is 0.302 e. The summed E-state index contributed by atoms with van der Waals surface area (Å²) in [5.41, 5.74) is 2.21. The van der Waals surface area contributed by atoms with Gasteiger partial charge in [-0.25, -0.2) is 9.97 Å². The molecule has 0 aromatic carbocycles. The van der Waals surface area contributed by atoms with Crippen molar-refractivity contribution in [2.75, 3.05) is 5.32 Å². The summed E-state index contributed by atoms with van der Waals surface area (Å²) in [4.78, 5) is 36.3. The second-order valence-corrected chi connectivity index (χ2v) is 11.2. The molecule has 0 bridgehead atoms. The van der Waals surface area contributed by atoms with Gasteiger partial charge in [0.1, 0.15) is 4.83 Å². The van der Waals surface area contributed by atoms with Crippen molar-refractivity contribution >= 4 is 55.7 Å². The standard InChI is InChI=1S/C21H26N4O2S3/c1-11(2)8-25-19(27)17-15-6-5-12(3)7-16(15)30-18(17)24-21(25)29-10-14-9-28-20(23-14)22-13(4)26/h9,11-12H,5-8,10H2,1-4H3,(H,22,23,26). The van der Waals surface area contributed by atoms with E-state index in [1.165, 1.54) is 40.5 Å². The first-order valence-electron chi connectivity index (χ1n) is 10.2. The lowest BCUT2D eigenvalue weighted by atomic mass is 9.89. The van der Waals surface area contributed by atoms with Crippen LogP contribution in [0.5, 0.6) is 0 Å². The molecule has 1 aliphatic rings. The Hall–Kier alpha value is -1.71. The van der Waals surface area contributed by atoms with Crippen molar-refractivity contribution in [1.29, 1.82) is 0 Å². The fourth-order valence-corrected chi connectivity index (χ4v) is 6.95. The SMILES string of the molecule is CC(=O)Nc1nc(CSc2nc3sc4c(c3c(=O)n2CC(C)C)CCC(C)C4)cs1. The van der Waals surface area contributed by atoms with E-state index in [-0.39, 0.29) is 11.5 Å². The van der Waals surface area contributed by atoms with E-state index in [1.54, 1.807) is 11.3 Å². The number of carbonyl (C=O) groups excluding carboxylic acids is 1. The number of thioether (sulfide) groups is 1. The number of thiophene rings is 1. The molecule has 160 valence electrons. The summed E-state index contributed by atoms with van der Waals surface area (Å²) in [6.45, 7) is 8.65. The lowest BCUT2D eigenvalue weighted by molar-refractivity contribution is -0.114. The number of fused-ring (bicyclic) bond motifs is 3. The van der Waals surface area contributed by atoms with Gasteiger partial charge in [-0.3, -0.25) is 14.2 Å². The number of anilines is 1. The molecule has 1 atom stereocenters. The van der Waals surface area contributed by atoms with Gasteiger partial charge in [0.15, 0.2) is 10.3 Å². The van der Waals surface area contributed by atoms with E-state index in [4.69, 9.17) is 4.98 Å². The molecule has 3 heterocycles. The van der Waals surface area contributed by atoms with Crippen LogP contribution in [0.2, 0.25) is 0 Å². The first-order valence-corrected chi connectivity index (χ1v) is 12.9. The van der Waals surface area contributed by atoms with E-state index < -0.39 is 0 Å². The molecule has 30 heavy (non-hydrogen) atoms. The Morgan fingerprint density at radius 2 is 2.20 bits per heavy atom. The number of hydrogen-bond donors (Lipinski definition) is 1. The van der Waals surface area contributed by atoms with Crippen LogP contribution in [-0.2, 0) is 29.9 Å². The number of hydrogen-bond acceptors (Lipinski definition) is 7. The van der Waals surface area contributed by atoms with E-state index >= 15 is 0 Å². The summed E-state index contributed by atoms with van der Waals surface area (Å²) in [7, 11) is 0. The summed E-state index contributed by atoms with van der Waals surface area (Å²) in [5.74, 6) is 1.49. The molecule has 0 fully saturated rings. The molecule has 0 radical (unpaired) electrons. The smallest absolute Gasteiger partial charge is 0.263 e. The van der Waals surface area contributed by atoms with Crippen LogP contribution < -0.4 is 10.9 Å². The van der Waals surface area contributed by atoms with Crippen molar-refractivity contribution in [2.24, 2.45) is 11.8 Å². The molecule has 1 amide bonds. The highest BCUT2D eigenvalue weighted by Crippen LogP contribution is 2.37. The number of nitrogens with one attached hydrogen (secondary N) is 1. The first kappa shape index (κ1) is 21.5. The van der Waals surface area contributed by atoms with Gasteiger partial charge in [-0.2, -0.15) is 0 Å². The minimum Gasteiger partial charge on any atom is -0.302 e. The number of rotatable bonds is 6. The zero-order valence-corrected chi connectivity index (χ0v) is 20.1. The molecule has 1 unspecified atom stereocenters. The van der Waals surface area contributed by atoms with E-state index in [2.05, 4.69) is 31.1 Å². The Morgan fingerprint density at radius 1 is 1.40 bits per heavy atom. The molecule has 4 rings (SSSR count). The number of carbonyl (C=O) groups is 1. The fraction of sp³-hybridized carbons (Fsp3) is 0.524. The number of nitrogens with zero attached hydrogens (tertiary/aromatic N) is 3. The molecule has 0 aliphatic heterocycles. The predicted molar refractivity (Wildman–Crippen MR) is 126 cm³/mol. The lowest BCUT2D eigenvalue weighted by Gasteiger charge is -2.18. The Morgan fingerprint density at radius 3 is 2.93 bits per heavy atom. The Kier molecular flexibility index (Phi) is 6.31. The molecule has 3 aromatic heterocycles. The van der Waals surface area contributed by atoms with Gasteiger partial charge < -0.3 is 5.32 Å². The van der Waals surface area contributed by atoms with Crippen LogP contribution in [0.25, 0.3) is 10.2 Å². The van der Waals surface area contributed by atoms with Gasteiger partial charge in [-0.15, -0.1) is 22.7 Å². The number of aryl methyl sites for hydroxylation is 1. The molecule has 9 heteroatoms. The first-order chi connectivity index (χ1) is 14.3. The minimum atomic E-state index is -0.127. The third-order valence-electron chi connectivity index (χ3n) is 5.11. The quantitative estimate of drug-likeness (QED) is 0.414. The Balaban J connectivity index is 1.68. The third kappa shape index (κ3) is 4.48. The molecule has 6 nitrogen and oxygen atoms in total. The molecule has 3 aromatic rings. The van der Waals surface area contributed by atoms with Gasteiger partial charge in [0.25, 0.3) is 5.56 Å². The zero-order chi connectivity index (χ0) is 21.4. The normalized spacial score (nSPS) is 16.2. The van der Waals surface area contributed by atoms with Crippen LogP contribution in [0.3, 0.4) is 0 Å². The molecule has 1 aliphatic carbocycles. The highest BCUT2D eigenvalue weighted by atomic mass is 32.2. The molecule has 0 saturated carbocycles. The van der Waals surface area contributed by atoms with E-state index in [0.717, 1.165) is 40.3 Å². The highest BCUT2D eigenvalue weighted by molar-refractivity contribution is 7.98. The van der Waals surface area contributed by atoms with Crippen LogP contribution in [0, 0.1) is 11.8 Å². The summed E-state index contributed by atoms with van der Waals surface area (Å²) in [6.07, 6.45) is 3.17. The average Bonchev–Trinajstić information content (AvgIpc) is 3.25. The Labute approximate surface area is 188 Å². The monoisotopic (exact) mass is 462 g/mol. The predicted octanol–water partition coefficient (Wildman–Crippen LogP) is 4.95. The maximum Gasteiger partial charge on any atom is 0.263 e. The van der Waals surface area contributed by atoms with Gasteiger partial charge in [-0.1, -0.05) is 32.5 Å². The molecular weight excluding hydrogens is 436 g/mol. The van der Waals surface area contributed by atoms with E-state index in [9.17, 15) is 9.59 Å². The maximum atomic E-state index is 13.5. The topological polar surface area (TPSA) is 76.9 Å². The molecule has 1 N–H and O–H groups in total. The van der Waals surface area contributed by atoms with Gasteiger partial charge in [0, 0.05) is 29.5 Å². The van der Waals surface area contributed by atoms with Crippen molar-refractivity contribution in [3.8, 4) is 0 Å². The molecular formula is C21H26N4O2S3. The minimum absolute atomic E-state index is 0.0977. The summed E-state index contributed by atoms with van der Waals surface area (Å²) in [5, 5.41) is 6.84. The molecule has 0 saturated heterocycles. The average molecular weight is 463 g/mol. The van der Waals surface area contributed by atoms with Crippen molar-refractivity contribution < 1.29 is 4.79 Å². The van der Waals surface area contributed by atoms with Crippen LogP contribution in [0.15, 0.2) is 15.3 Å². The third-order valence-corrected chi connectivity index (χ3v) is 8.08. The van der Waals surface area contributed by atoms with Crippen LogP contribution in [0.1, 0.15) is 50.3 Å². The second kappa shape index (κ2) is 8.80. The summed E-state index contributed by atoms with van der Waals surface area (Å²) in [6, 6.07) is 0. The van der Waals surface area contributed by atoms with Crippen molar-refractivity contribution in [2.45, 2.75) is 64.4 Å². The lowest BCUT2D eigenvalue weighted by Crippen LogP contribution is -2.26. The van der Waals surface area contributed by atoms with Gasteiger partial charge in [0.2, 0.25) is 5.91 Å². The van der Waals surface area contributed by atoms with Crippen LogP contribution in [-0.4, -0.2) is 20.4 Å². The summed E-state index contributed by atoms with van der Waals surface area (Å²) < 4.78 is 1.85.